The summed E-state index contributed by atoms with van der Waals surface area (Å²) in [7, 11) is 0. The van der Waals surface area contributed by atoms with E-state index < -0.39 is 11.6 Å². The molecule has 0 radical (unpaired) electrons. The fourth-order valence-corrected chi connectivity index (χ4v) is 5.53. The second kappa shape index (κ2) is 12.2. The van der Waals surface area contributed by atoms with Gasteiger partial charge in [0.05, 0.1) is 6.10 Å². The number of pyridine rings is 1. The molecule has 1 aromatic carbocycles. The lowest BCUT2D eigenvalue weighted by atomic mass is 9.92. The molecule has 0 amide bonds. The SMILES string of the molecule is CC(C)(C)OC(=O)C(c1ccccc1C(=N)C1CC1)N1CC(OCCCCCc2ccc3c(n2)NCCC3)C1. The smallest absolute Gasteiger partial charge is 0.328 e. The molecule has 7 nitrogen and oxygen atoms in total. The van der Waals surface area contributed by atoms with Crippen molar-refractivity contribution in [3.05, 3.63) is 58.8 Å². The Hall–Kier alpha value is -2.77. The molecule has 5 rings (SSSR count). The van der Waals surface area contributed by atoms with Crippen LogP contribution in [0.1, 0.15) is 87.7 Å². The standard InChI is InChI=1S/C32H44N4O3/c1-32(2,3)39-31(37)29(27-13-7-6-12-26(27)28(33)22-14-15-22)36-20-25(21-36)38-19-8-4-5-11-24-17-16-23-10-9-18-34-30(23)35-24/h6-7,12-13,16-17,22,25,29,33H,4-5,8-11,14-15,18-21H2,1-3H3,(H,34,35). The molecule has 3 aliphatic rings. The van der Waals surface area contributed by atoms with Gasteiger partial charge in [-0.15, -0.1) is 0 Å². The number of carbonyl (C=O) groups is 1. The van der Waals surface area contributed by atoms with Crippen molar-refractivity contribution in [1.82, 2.24) is 9.88 Å². The minimum absolute atomic E-state index is 0.123. The number of anilines is 1. The summed E-state index contributed by atoms with van der Waals surface area (Å²) < 4.78 is 12.0. The van der Waals surface area contributed by atoms with Crippen molar-refractivity contribution in [2.75, 3.05) is 31.6 Å². The minimum atomic E-state index is -0.569. The van der Waals surface area contributed by atoms with Crippen LogP contribution in [0.4, 0.5) is 5.82 Å². The number of hydrogen-bond acceptors (Lipinski definition) is 7. The first-order valence-electron chi connectivity index (χ1n) is 14.8. The van der Waals surface area contributed by atoms with E-state index in [0.29, 0.717) is 24.7 Å². The Morgan fingerprint density at radius 2 is 1.92 bits per heavy atom. The maximum absolute atomic E-state index is 13.4. The number of hydrogen-bond donors (Lipinski definition) is 2. The molecular formula is C32H44N4O3. The Bertz CT molecular complexity index is 1160. The summed E-state index contributed by atoms with van der Waals surface area (Å²) in [6.07, 6.45) is 8.80. The van der Waals surface area contributed by atoms with Crippen molar-refractivity contribution in [2.24, 2.45) is 5.92 Å². The third kappa shape index (κ3) is 7.25. The number of aromatic nitrogens is 1. The number of nitrogens with one attached hydrogen (secondary N) is 2. The molecule has 1 saturated heterocycles. The van der Waals surface area contributed by atoms with E-state index in [2.05, 4.69) is 22.3 Å². The van der Waals surface area contributed by atoms with Crippen LogP contribution in [0.15, 0.2) is 36.4 Å². The van der Waals surface area contributed by atoms with Gasteiger partial charge in [-0.1, -0.05) is 36.8 Å². The Kier molecular flexibility index (Phi) is 8.67. The van der Waals surface area contributed by atoms with Gasteiger partial charge >= 0.3 is 5.97 Å². The number of fused-ring (bicyclic) bond motifs is 1. The largest absolute Gasteiger partial charge is 0.459 e. The maximum Gasteiger partial charge on any atom is 0.328 e. The Balaban J connectivity index is 1.10. The lowest BCUT2D eigenvalue weighted by Gasteiger charge is -2.44. The predicted octanol–water partition coefficient (Wildman–Crippen LogP) is 5.71. The van der Waals surface area contributed by atoms with Crippen LogP contribution >= 0.6 is 0 Å². The highest BCUT2D eigenvalue weighted by Gasteiger charge is 2.41. The first-order chi connectivity index (χ1) is 18.8. The summed E-state index contributed by atoms with van der Waals surface area (Å²) >= 11 is 0. The number of ether oxygens (including phenoxy) is 2. The zero-order valence-corrected chi connectivity index (χ0v) is 23.8. The first kappa shape index (κ1) is 27.8. The molecule has 1 aromatic heterocycles. The van der Waals surface area contributed by atoms with E-state index in [4.69, 9.17) is 19.9 Å². The highest BCUT2D eigenvalue weighted by Crippen LogP contribution is 2.37. The van der Waals surface area contributed by atoms with Gasteiger partial charge in [0, 0.05) is 49.1 Å². The zero-order valence-electron chi connectivity index (χ0n) is 23.8. The summed E-state index contributed by atoms with van der Waals surface area (Å²) in [6.45, 7) is 8.86. The van der Waals surface area contributed by atoms with Crippen molar-refractivity contribution >= 4 is 17.5 Å². The zero-order chi connectivity index (χ0) is 27.4. The van der Waals surface area contributed by atoms with Gasteiger partial charge in [0.25, 0.3) is 0 Å². The third-order valence-corrected chi connectivity index (χ3v) is 7.79. The number of aryl methyl sites for hydroxylation is 2. The van der Waals surface area contributed by atoms with E-state index in [0.717, 1.165) is 75.0 Å². The number of likely N-dealkylation sites (tertiary alicyclic amines) is 1. The van der Waals surface area contributed by atoms with Crippen molar-refractivity contribution in [1.29, 1.82) is 5.41 Å². The van der Waals surface area contributed by atoms with Gasteiger partial charge in [0.1, 0.15) is 17.5 Å². The van der Waals surface area contributed by atoms with Crippen LogP contribution in [-0.2, 0) is 27.1 Å². The van der Waals surface area contributed by atoms with Gasteiger partial charge in [-0.05, 0) is 82.9 Å². The summed E-state index contributed by atoms with van der Waals surface area (Å²) in [4.78, 5) is 20.4. The predicted molar refractivity (Wildman–Crippen MR) is 154 cm³/mol. The monoisotopic (exact) mass is 532 g/mol. The summed E-state index contributed by atoms with van der Waals surface area (Å²) in [5.74, 6) is 1.15. The molecule has 1 saturated carbocycles. The number of esters is 1. The van der Waals surface area contributed by atoms with Crippen molar-refractivity contribution in [2.45, 2.75) is 89.9 Å². The molecule has 2 aromatic rings. The lowest BCUT2D eigenvalue weighted by molar-refractivity contribution is -0.168. The molecule has 0 bridgehead atoms. The average molecular weight is 533 g/mol. The van der Waals surface area contributed by atoms with E-state index in [-0.39, 0.29) is 12.1 Å². The first-order valence-corrected chi connectivity index (χ1v) is 14.8. The van der Waals surface area contributed by atoms with Crippen LogP contribution in [0.3, 0.4) is 0 Å². The fraction of sp³-hybridized carbons (Fsp3) is 0.594. The molecule has 1 unspecified atom stereocenters. The quantitative estimate of drug-likeness (QED) is 0.207. The fourth-order valence-electron chi connectivity index (χ4n) is 5.53. The molecule has 3 heterocycles. The van der Waals surface area contributed by atoms with Crippen LogP contribution in [0.2, 0.25) is 0 Å². The normalized spacial score (nSPS) is 18.5. The van der Waals surface area contributed by atoms with E-state index in [1.165, 1.54) is 17.7 Å². The average Bonchev–Trinajstić information content (AvgIpc) is 3.73. The van der Waals surface area contributed by atoms with E-state index in [1.807, 2.05) is 45.0 Å². The van der Waals surface area contributed by atoms with Crippen LogP contribution in [0, 0.1) is 11.3 Å². The molecule has 7 heteroatoms. The molecule has 2 N–H and O–H groups in total. The van der Waals surface area contributed by atoms with Gasteiger partial charge in [0.2, 0.25) is 0 Å². The molecule has 0 spiro atoms. The van der Waals surface area contributed by atoms with Gasteiger partial charge in [-0.2, -0.15) is 0 Å². The number of unbranched alkanes of at least 4 members (excludes halogenated alkanes) is 2. The molecule has 2 fully saturated rings. The minimum Gasteiger partial charge on any atom is -0.459 e. The lowest BCUT2D eigenvalue weighted by Crippen LogP contribution is -2.56. The Labute approximate surface area is 233 Å². The number of benzene rings is 1. The second-order valence-corrected chi connectivity index (χ2v) is 12.3. The Morgan fingerprint density at radius 3 is 2.69 bits per heavy atom. The topological polar surface area (TPSA) is 87.5 Å². The summed E-state index contributed by atoms with van der Waals surface area (Å²) in [5, 5.41) is 12.1. The molecular weight excluding hydrogens is 488 g/mol. The maximum atomic E-state index is 13.4. The number of rotatable bonds is 12. The second-order valence-electron chi connectivity index (χ2n) is 12.3. The molecule has 2 aliphatic heterocycles. The van der Waals surface area contributed by atoms with E-state index in [1.54, 1.807) is 0 Å². The highest BCUT2D eigenvalue weighted by molar-refractivity contribution is 6.03. The van der Waals surface area contributed by atoms with Crippen LogP contribution in [-0.4, -0.2) is 59.5 Å². The van der Waals surface area contributed by atoms with Crippen LogP contribution in [0.5, 0.6) is 0 Å². The van der Waals surface area contributed by atoms with Gasteiger partial charge in [0.15, 0.2) is 0 Å². The number of nitrogens with zero attached hydrogens (tertiary/aromatic N) is 2. The molecule has 39 heavy (non-hydrogen) atoms. The van der Waals surface area contributed by atoms with Gasteiger partial charge in [-0.3, -0.25) is 4.90 Å². The summed E-state index contributed by atoms with van der Waals surface area (Å²) in [5.41, 5.74) is 4.35. The summed E-state index contributed by atoms with van der Waals surface area (Å²) in [6, 6.07) is 11.8. The van der Waals surface area contributed by atoms with Crippen LogP contribution in [0.25, 0.3) is 0 Å². The molecule has 1 atom stereocenters. The van der Waals surface area contributed by atoms with Crippen LogP contribution < -0.4 is 5.32 Å². The van der Waals surface area contributed by atoms with E-state index >= 15 is 0 Å². The van der Waals surface area contributed by atoms with Gasteiger partial charge < -0.3 is 20.2 Å². The Morgan fingerprint density at radius 1 is 1.13 bits per heavy atom. The van der Waals surface area contributed by atoms with Crippen molar-refractivity contribution < 1.29 is 14.3 Å². The molecule has 210 valence electrons. The van der Waals surface area contributed by atoms with Crippen molar-refractivity contribution in [3.63, 3.8) is 0 Å². The third-order valence-electron chi connectivity index (χ3n) is 7.79. The van der Waals surface area contributed by atoms with Crippen molar-refractivity contribution in [3.8, 4) is 0 Å². The van der Waals surface area contributed by atoms with Gasteiger partial charge in [-0.25, -0.2) is 9.78 Å². The molecule has 1 aliphatic carbocycles. The highest BCUT2D eigenvalue weighted by atomic mass is 16.6. The number of carbonyl (C=O) groups excluding carboxylic acids is 1. The van der Waals surface area contributed by atoms with E-state index in [9.17, 15) is 4.79 Å².